The summed E-state index contributed by atoms with van der Waals surface area (Å²) in [5, 5.41) is 8.88. The summed E-state index contributed by atoms with van der Waals surface area (Å²) in [5.74, 6) is 1.30. The van der Waals surface area contributed by atoms with Gasteiger partial charge in [0.25, 0.3) is 0 Å². The summed E-state index contributed by atoms with van der Waals surface area (Å²) in [6.07, 6.45) is 1.06. The Kier molecular flexibility index (Phi) is 6.65. The summed E-state index contributed by atoms with van der Waals surface area (Å²) >= 11 is 0. The third-order valence-corrected chi connectivity index (χ3v) is 4.73. The first kappa shape index (κ1) is 20.2. The molecule has 0 fully saturated rings. The fourth-order valence-corrected chi connectivity index (χ4v) is 2.66. The highest BCUT2D eigenvalue weighted by Crippen LogP contribution is 2.23. The van der Waals surface area contributed by atoms with Crippen LogP contribution < -0.4 is 9.47 Å². The van der Waals surface area contributed by atoms with Crippen LogP contribution in [0.15, 0.2) is 72.8 Å². The van der Waals surface area contributed by atoms with E-state index in [2.05, 4.69) is 19.9 Å². The summed E-state index contributed by atoms with van der Waals surface area (Å²) in [6, 6.07) is 23.7. The van der Waals surface area contributed by atoms with Gasteiger partial charge in [0.15, 0.2) is 0 Å². The summed E-state index contributed by atoms with van der Waals surface area (Å²) in [7, 11) is 0. The van der Waals surface area contributed by atoms with Crippen molar-refractivity contribution in [3.63, 3.8) is 0 Å². The average Bonchev–Trinajstić information content (AvgIpc) is 2.78. The van der Waals surface area contributed by atoms with Gasteiger partial charge in [-0.15, -0.1) is 0 Å². The summed E-state index contributed by atoms with van der Waals surface area (Å²) in [4.78, 5) is 12.4. The number of nitrogens with zero attached hydrogens (tertiary/aromatic N) is 1. The number of hydrogen-bond acceptors (Lipinski definition) is 4. The van der Waals surface area contributed by atoms with Gasteiger partial charge in [0.2, 0.25) is 0 Å². The van der Waals surface area contributed by atoms with E-state index in [0.29, 0.717) is 29.4 Å². The van der Waals surface area contributed by atoms with E-state index in [1.165, 1.54) is 0 Å². The average molecular weight is 385 g/mol. The predicted octanol–water partition coefficient (Wildman–Crippen LogP) is 5.87. The van der Waals surface area contributed by atoms with E-state index in [1.54, 1.807) is 48.5 Å². The molecule has 3 aromatic carbocycles. The molecule has 0 spiro atoms. The lowest BCUT2D eigenvalue weighted by atomic mass is 10.0. The molecule has 0 heterocycles. The van der Waals surface area contributed by atoms with Crippen LogP contribution in [-0.2, 0) is 0 Å². The summed E-state index contributed by atoms with van der Waals surface area (Å²) in [6.45, 7) is 4.92. The third-order valence-electron chi connectivity index (χ3n) is 4.73. The van der Waals surface area contributed by atoms with Crippen molar-refractivity contribution in [1.29, 1.82) is 5.26 Å². The maximum absolute atomic E-state index is 12.4. The maximum atomic E-state index is 12.4. The van der Waals surface area contributed by atoms with Crippen molar-refractivity contribution in [3.8, 4) is 28.7 Å². The predicted molar refractivity (Wildman–Crippen MR) is 113 cm³/mol. The number of hydrogen-bond donors (Lipinski definition) is 0. The Bertz CT molecular complexity index is 984. The zero-order valence-electron chi connectivity index (χ0n) is 16.6. The Labute approximate surface area is 171 Å². The SMILES string of the molecule is CCC(C)COc1ccc(C(=O)Oc2ccc(-c3ccc(C#N)cc3)cc2)cc1. The number of ether oxygens (including phenoxy) is 2. The van der Waals surface area contributed by atoms with Crippen molar-refractivity contribution in [3.05, 3.63) is 83.9 Å². The highest BCUT2D eigenvalue weighted by molar-refractivity contribution is 5.91. The first-order valence-corrected chi connectivity index (χ1v) is 9.64. The molecule has 0 aliphatic heterocycles. The summed E-state index contributed by atoms with van der Waals surface area (Å²) < 4.78 is 11.2. The zero-order chi connectivity index (χ0) is 20.6. The topological polar surface area (TPSA) is 59.3 Å². The van der Waals surface area contributed by atoms with Crippen LogP contribution in [0.4, 0.5) is 0 Å². The van der Waals surface area contributed by atoms with Gasteiger partial charge in [-0.25, -0.2) is 4.79 Å². The molecule has 1 unspecified atom stereocenters. The molecule has 146 valence electrons. The van der Waals surface area contributed by atoms with Crippen molar-refractivity contribution in [2.45, 2.75) is 20.3 Å². The van der Waals surface area contributed by atoms with Crippen LogP contribution in [0.3, 0.4) is 0 Å². The molecule has 0 N–H and O–H groups in total. The lowest BCUT2D eigenvalue weighted by molar-refractivity contribution is 0.0734. The molecule has 3 rings (SSSR count). The van der Waals surface area contributed by atoms with Crippen LogP contribution >= 0.6 is 0 Å². The van der Waals surface area contributed by atoms with Crippen molar-refractivity contribution >= 4 is 5.97 Å². The Morgan fingerprint density at radius 1 is 0.897 bits per heavy atom. The number of rotatable bonds is 7. The molecule has 0 radical (unpaired) electrons. The van der Waals surface area contributed by atoms with E-state index in [9.17, 15) is 4.79 Å². The molecule has 4 heteroatoms. The first-order chi connectivity index (χ1) is 14.1. The van der Waals surface area contributed by atoms with Gasteiger partial charge in [-0.2, -0.15) is 5.26 Å². The second-order valence-corrected chi connectivity index (χ2v) is 6.95. The number of nitriles is 1. The van der Waals surface area contributed by atoms with Gasteiger partial charge in [-0.05, 0) is 65.6 Å². The Morgan fingerprint density at radius 3 is 2.00 bits per heavy atom. The molecule has 0 amide bonds. The zero-order valence-corrected chi connectivity index (χ0v) is 16.6. The van der Waals surface area contributed by atoms with E-state index in [1.807, 2.05) is 24.3 Å². The van der Waals surface area contributed by atoms with Gasteiger partial charge in [-0.3, -0.25) is 0 Å². The van der Waals surface area contributed by atoms with E-state index in [0.717, 1.165) is 23.3 Å². The van der Waals surface area contributed by atoms with Crippen LogP contribution in [-0.4, -0.2) is 12.6 Å². The standard InChI is InChI=1S/C25H23NO3/c1-3-18(2)17-28-23-12-10-22(11-13-23)25(27)29-24-14-8-21(9-15-24)20-6-4-19(16-26)5-7-20/h4-15,18H,3,17H2,1-2H3. The Balaban J connectivity index is 1.60. The van der Waals surface area contributed by atoms with Crippen molar-refractivity contribution in [1.82, 2.24) is 0 Å². The second-order valence-electron chi connectivity index (χ2n) is 6.95. The molecular weight excluding hydrogens is 362 g/mol. The fourth-order valence-electron chi connectivity index (χ4n) is 2.66. The van der Waals surface area contributed by atoms with Gasteiger partial charge in [0.05, 0.1) is 23.8 Å². The molecule has 4 nitrogen and oxygen atoms in total. The molecule has 0 aliphatic carbocycles. The summed E-state index contributed by atoms with van der Waals surface area (Å²) in [5.41, 5.74) is 3.07. The van der Waals surface area contributed by atoms with E-state index in [4.69, 9.17) is 14.7 Å². The minimum absolute atomic E-state index is 0.412. The molecular formula is C25H23NO3. The van der Waals surface area contributed by atoms with Gasteiger partial charge in [0, 0.05) is 0 Å². The van der Waals surface area contributed by atoms with Crippen molar-refractivity contribution < 1.29 is 14.3 Å². The van der Waals surface area contributed by atoms with Crippen LogP contribution in [0, 0.1) is 17.2 Å². The van der Waals surface area contributed by atoms with Crippen LogP contribution in [0.25, 0.3) is 11.1 Å². The second kappa shape index (κ2) is 9.57. The number of carbonyl (C=O) groups excluding carboxylic acids is 1. The number of esters is 1. The van der Waals surface area contributed by atoms with Crippen LogP contribution in [0.5, 0.6) is 11.5 Å². The largest absolute Gasteiger partial charge is 0.493 e. The monoisotopic (exact) mass is 385 g/mol. The fraction of sp³-hybridized carbons (Fsp3) is 0.200. The normalized spacial score (nSPS) is 11.3. The lowest BCUT2D eigenvalue weighted by Crippen LogP contribution is -2.09. The van der Waals surface area contributed by atoms with E-state index < -0.39 is 5.97 Å². The minimum atomic E-state index is -0.412. The molecule has 0 aromatic heterocycles. The Hall–Kier alpha value is -3.58. The van der Waals surface area contributed by atoms with Crippen molar-refractivity contribution in [2.24, 2.45) is 5.92 Å². The van der Waals surface area contributed by atoms with Crippen LogP contribution in [0.1, 0.15) is 36.2 Å². The van der Waals surface area contributed by atoms with E-state index in [-0.39, 0.29) is 0 Å². The lowest BCUT2D eigenvalue weighted by Gasteiger charge is -2.11. The van der Waals surface area contributed by atoms with Gasteiger partial charge >= 0.3 is 5.97 Å². The molecule has 0 saturated heterocycles. The quantitative estimate of drug-likeness (QED) is 0.377. The van der Waals surface area contributed by atoms with E-state index >= 15 is 0 Å². The highest BCUT2D eigenvalue weighted by Gasteiger charge is 2.10. The number of carbonyl (C=O) groups is 1. The van der Waals surface area contributed by atoms with Crippen LogP contribution in [0.2, 0.25) is 0 Å². The van der Waals surface area contributed by atoms with Gasteiger partial charge in [0.1, 0.15) is 11.5 Å². The Morgan fingerprint density at radius 2 is 1.45 bits per heavy atom. The van der Waals surface area contributed by atoms with Crippen molar-refractivity contribution in [2.75, 3.05) is 6.61 Å². The highest BCUT2D eigenvalue weighted by atomic mass is 16.5. The number of benzene rings is 3. The molecule has 1 atom stereocenters. The molecule has 3 aromatic rings. The third kappa shape index (κ3) is 5.46. The molecule has 29 heavy (non-hydrogen) atoms. The van der Waals surface area contributed by atoms with Gasteiger partial charge < -0.3 is 9.47 Å². The maximum Gasteiger partial charge on any atom is 0.343 e. The molecule has 0 saturated carbocycles. The molecule has 0 aliphatic rings. The smallest absolute Gasteiger partial charge is 0.343 e. The first-order valence-electron chi connectivity index (χ1n) is 9.64. The van der Waals surface area contributed by atoms with Gasteiger partial charge in [-0.1, -0.05) is 44.5 Å². The minimum Gasteiger partial charge on any atom is -0.493 e. The molecule has 0 bridgehead atoms.